The number of ether oxygens (including phenoxy) is 1. The van der Waals surface area contributed by atoms with Crippen molar-refractivity contribution in [3.8, 4) is 11.6 Å². The van der Waals surface area contributed by atoms with E-state index in [1.54, 1.807) is 18.3 Å². The van der Waals surface area contributed by atoms with E-state index in [0.29, 0.717) is 22.5 Å². The predicted octanol–water partition coefficient (Wildman–Crippen LogP) is 2.72. The molecule has 0 amide bonds. The van der Waals surface area contributed by atoms with Gasteiger partial charge in [-0.2, -0.15) is 5.10 Å². The molecule has 90 valence electrons. The van der Waals surface area contributed by atoms with Crippen LogP contribution in [0.4, 0.5) is 5.69 Å². The van der Waals surface area contributed by atoms with E-state index in [1.807, 2.05) is 10.9 Å². The molecule has 2 N–H and O–H groups in total. The second-order valence-electron chi connectivity index (χ2n) is 3.60. The summed E-state index contributed by atoms with van der Waals surface area (Å²) in [5.41, 5.74) is 6.16. The van der Waals surface area contributed by atoms with Crippen molar-refractivity contribution in [2.75, 3.05) is 5.73 Å². The lowest BCUT2D eigenvalue weighted by Crippen LogP contribution is -1.95. The lowest BCUT2D eigenvalue weighted by molar-refractivity contribution is 0.462. The topological polar surface area (TPSA) is 66.0 Å². The summed E-state index contributed by atoms with van der Waals surface area (Å²) in [5.74, 6) is 0.985. The second-order valence-corrected chi connectivity index (χ2v) is 3.99. The summed E-state index contributed by atoms with van der Waals surface area (Å²) in [6.45, 7) is 2.94. The van der Waals surface area contributed by atoms with Crippen LogP contribution >= 0.6 is 11.6 Å². The molecule has 0 aliphatic carbocycles. The van der Waals surface area contributed by atoms with Crippen molar-refractivity contribution < 1.29 is 4.74 Å². The zero-order chi connectivity index (χ0) is 12.3. The number of hydrogen-bond donors (Lipinski definition) is 1. The Morgan fingerprint density at radius 3 is 3.00 bits per heavy atom. The molecule has 2 heterocycles. The fourth-order valence-electron chi connectivity index (χ4n) is 1.41. The second kappa shape index (κ2) is 5.05. The molecular formula is C11H13ClN4O. The molecule has 2 aromatic heterocycles. The number of hydrogen-bond acceptors (Lipinski definition) is 4. The minimum absolute atomic E-state index is 0.306. The van der Waals surface area contributed by atoms with Crippen molar-refractivity contribution in [3.63, 3.8) is 0 Å². The molecule has 0 spiro atoms. The van der Waals surface area contributed by atoms with Gasteiger partial charge in [0.25, 0.3) is 0 Å². The Balaban J connectivity index is 2.13. The highest BCUT2D eigenvalue weighted by Crippen LogP contribution is 2.23. The monoisotopic (exact) mass is 252 g/mol. The summed E-state index contributed by atoms with van der Waals surface area (Å²) in [7, 11) is 0. The third kappa shape index (κ3) is 3.10. The molecule has 2 rings (SSSR count). The summed E-state index contributed by atoms with van der Waals surface area (Å²) in [6.07, 6.45) is 4.46. The maximum Gasteiger partial charge on any atom is 0.222 e. The van der Waals surface area contributed by atoms with Gasteiger partial charge < -0.3 is 10.5 Å². The van der Waals surface area contributed by atoms with Gasteiger partial charge in [-0.1, -0.05) is 18.5 Å². The van der Waals surface area contributed by atoms with Crippen molar-refractivity contribution >= 4 is 17.3 Å². The van der Waals surface area contributed by atoms with Crippen molar-refractivity contribution in [1.82, 2.24) is 14.8 Å². The molecule has 0 fully saturated rings. The molecular weight excluding hydrogens is 240 g/mol. The van der Waals surface area contributed by atoms with E-state index in [0.717, 1.165) is 13.0 Å². The molecule has 2 aromatic rings. The molecule has 0 radical (unpaired) electrons. The summed E-state index contributed by atoms with van der Waals surface area (Å²) in [5, 5.41) is 4.45. The zero-order valence-corrected chi connectivity index (χ0v) is 10.2. The highest BCUT2D eigenvalue weighted by Gasteiger charge is 2.04. The number of aromatic nitrogens is 3. The van der Waals surface area contributed by atoms with Crippen LogP contribution in [0.5, 0.6) is 11.6 Å². The average molecular weight is 253 g/mol. The lowest BCUT2D eigenvalue weighted by Gasteiger charge is -2.03. The van der Waals surface area contributed by atoms with Gasteiger partial charge in [-0.05, 0) is 12.5 Å². The predicted molar refractivity (Wildman–Crippen MR) is 66.3 cm³/mol. The smallest absolute Gasteiger partial charge is 0.222 e. The molecule has 17 heavy (non-hydrogen) atoms. The number of halogens is 1. The van der Waals surface area contributed by atoms with E-state index in [-0.39, 0.29) is 0 Å². The quantitative estimate of drug-likeness (QED) is 0.850. The van der Waals surface area contributed by atoms with E-state index in [4.69, 9.17) is 22.1 Å². The van der Waals surface area contributed by atoms with Gasteiger partial charge >= 0.3 is 0 Å². The molecule has 0 aromatic carbocycles. The van der Waals surface area contributed by atoms with Crippen molar-refractivity contribution in [3.05, 3.63) is 29.7 Å². The minimum Gasteiger partial charge on any atom is -0.436 e. The minimum atomic E-state index is 0.306. The zero-order valence-electron chi connectivity index (χ0n) is 9.43. The largest absolute Gasteiger partial charge is 0.436 e. The van der Waals surface area contributed by atoms with Gasteiger partial charge in [0, 0.05) is 18.3 Å². The van der Waals surface area contributed by atoms with Crippen LogP contribution in [-0.4, -0.2) is 14.8 Å². The van der Waals surface area contributed by atoms with Crippen LogP contribution in [0.1, 0.15) is 13.3 Å². The first-order chi connectivity index (χ1) is 8.17. The Labute approximate surface area is 104 Å². The summed E-state index contributed by atoms with van der Waals surface area (Å²) >= 11 is 5.78. The summed E-state index contributed by atoms with van der Waals surface area (Å²) < 4.78 is 7.32. The van der Waals surface area contributed by atoms with Gasteiger partial charge in [0.05, 0.1) is 12.4 Å². The number of aryl methyl sites for hydroxylation is 1. The number of nitrogen functional groups attached to an aromatic ring is 1. The Kier molecular flexibility index (Phi) is 3.49. The van der Waals surface area contributed by atoms with Crippen LogP contribution in [0.3, 0.4) is 0 Å². The van der Waals surface area contributed by atoms with E-state index in [9.17, 15) is 0 Å². The molecule has 0 unspecified atom stereocenters. The summed E-state index contributed by atoms with van der Waals surface area (Å²) in [6, 6.07) is 3.18. The first-order valence-corrected chi connectivity index (χ1v) is 5.68. The molecule has 5 nitrogen and oxygen atoms in total. The maximum absolute atomic E-state index is 5.78. The summed E-state index contributed by atoms with van der Waals surface area (Å²) in [4.78, 5) is 4.01. The third-order valence-corrected chi connectivity index (χ3v) is 2.27. The molecule has 0 aliphatic rings. The molecule has 0 bridgehead atoms. The third-order valence-electron chi connectivity index (χ3n) is 2.08. The van der Waals surface area contributed by atoms with E-state index in [1.165, 1.54) is 0 Å². The van der Waals surface area contributed by atoms with Gasteiger partial charge in [0.15, 0.2) is 5.75 Å². The fourth-order valence-corrected chi connectivity index (χ4v) is 1.62. The lowest BCUT2D eigenvalue weighted by atomic mass is 10.4. The van der Waals surface area contributed by atoms with Gasteiger partial charge in [-0.3, -0.25) is 4.68 Å². The van der Waals surface area contributed by atoms with Crippen LogP contribution < -0.4 is 10.5 Å². The Bertz CT molecular complexity index is 492. The van der Waals surface area contributed by atoms with Crippen molar-refractivity contribution in [2.45, 2.75) is 19.9 Å². The maximum atomic E-state index is 5.78. The highest BCUT2D eigenvalue weighted by atomic mass is 35.5. The standard InChI is InChI=1S/C11H13ClN4O/c1-2-3-16-7-9(6-14-16)17-11-5-8(13)4-10(12)15-11/h4-7H,2-3H2,1H3,(H2,13,15). The Morgan fingerprint density at radius 1 is 1.47 bits per heavy atom. The van der Waals surface area contributed by atoms with Gasteiger partial charge in [0.2, 0.25) is 5.88 Å². The molecule has 6 heteroatoms. The van der Waals surface area contributed by atoms with Crippen LogP contribution in [0.2, 0.25) is 5.15 Å². The van der Waals surface area contributed by atoms with E-state index < -0.39 is 0 Å². The molecule has 0 atom stereocenters. The normalized spacial score (nSPS) is 10.5. The van der Waals surface area contributed by atoms with Gasteiger partial charge in [0.1, 0.15) is 5.15 Å². The number of pyridine rings is 1. The Morgan fingerprint density at radius 2 is 2.29 bits per heavy atom. The molecule has 0 saturated heterocycles. The number of anilines is 1. The highest BCUT2D eigenvalue weighted by molar-refractivity contribution is 6.29. The van der Waals surface area contributed by atoms with Gasteiger partial charge in [-0.15, -0.1) is 0 Å². The number of nitrogens with zero attached hydrogens (tertiary/aromatic N) is 3. The van der Waals surface area contributed by atoms with Crippen LogP contribution in [-0.2, 0) is 6.54 Å². The molecule has 0 aliphatic heterocycles. The van der Waals surface area contributed by atoms with Crippen molar-refractivity contribution in [2.24, 2.45) is 0 Å². The first kappa shape index (κ1) is 11.7. The van der Waals surface area contributed by atoms with E-state index in [2.05, 4.69) is 17.0 Å². The van der Waals surface area contributed by atoms with Crippen molar-refractivity contribution in [1.29, 1.82) is 0 Å². The Hall–Kier alpha value is -1.75. The molecule has 0 saturated carbocycles. The van der Waals surface area contributed by atoms with Crippen LogP contribution in [0.25, 0.3) is 0 Å². The van der Waals surface area contributed by atoms with Crippen LogP contribution in [0.15, 0.2) is 24.5 Å². The van der Waals surface area contributed by atoms with Crippen LogP contribution in [0, 0.1) is 0 Å². The van der Waals surface area contributed by atoms with E-state index >= 15 is 0 Å². The fraction of sp³-hybridized carbons (Fsp3) is 0.273. The SMILES string of the molecule is CCCn1cc(Oc2cc(N)cc(Cl)n2)cn1. The average Bonchev–Trinajstić information content (AvgIpc) is 2.64. The number of nitrogens with two attached hydrogens (primary N) is 1. The van der Waals surface area contributed by atoms with Gasteiger partial charge in [-0.25, -0.2) is 4.98 Å². The number of rotatable bonds is 4. The first-order valence-electron chi connectivity index (χ1n) is 5.30.